The van der Waals surface area contributed by atoms with E-state index in [1.165, 1.54) is 0 Å². The third-order valence-electron chi connectivity index (χ3n) is 7.25. The standard InChI is InChI=1S/C31H31ClFNO3/c32-23-10-6-22(7-11-23)30-28-5-2-1-4-26(27(28)14-15-29(30)31(35)36)21-8-12-24(13-9-21)37-25-16-19-34(20-25)18-3-17-33/h4,6-15,25H,1-3,5,16-20H2,(H,35,36)/t25-/m0/s1. The van der Waals surface area contributed by atoms with Crippen LogP contribution >= 0.6 is 11.6 Å². The van der Waals surface area contributed by atoms with Crippen LogP contribution in [0.1, 0.15) is 52.7 Å². The van der Waals surface area contributed by atoms with Gasteiger partial charge in [0, 0.05) is 24.7 Å². The van der Waals surface area contributed by atoms with E-state index in [1.807, 2.05) is 30.3 Å². The lowest BCUT2D eigenvalue weighted by Gasteiger charge is -2.19. The smallest absolute Gasteiger partial charge is 0.336 e. The summed E-state index contributed by atoms with van der Waals surface area (Å²) in [5.74, 6) is -0.0992. The van der Waals surface area contributed by atoms with Crippen LogP contribution in [0.5, 0.6) is 5.75 Å². The molecule has 0 aromatic heterocycles. The number of fused-ring (bicyclic) bond motifs is 1. The van der Waals surface area contributed by atoms with Gasteiger partial charge in [0.05, 0.1) is 12.2 Å². The Morgan fingerprint density at radius 2 is 1.81 bits per heavy atom. The lowest BCUT2D eigenvalue weighted by atomic mass is 9.85. The van der Waals surface area contributed by atoms with Gasteiger partial charge in [-0.2, -0.15) is 0 Å². The molecule has 192 valence electrons. The summed E-state index contributed by atoms with van der Waals surface area (Å²) in [5, 5.41) is 10.6. The Balaban J connectivity index is 1.43. The molecule has 0 spiro atoms. The second-order valence-corrected chi connectivity index (χ2v) is 10.2. The lowest BCUT2D eigenvalue weighted by Crippen LogP contribution is -2.26. The van der Waals surface area contributed by atoms with Crippen LogP contribution in [0.4, 0.5) is 4.39 Å². The molecule has 1 atom stereocenters. The van der Waals surface area contributed by atoms with Gasteiger partial charge >= 0.3 is 5.97 Å². The molecule has 0 amide bonds. The summed E-state index contributed by atoms with van der Waals surface area (Å²) in [6.07, 6.45) is 6.57. The maximum Gasteiger partial charge on any atom is 0.336 e. The number of allylic oxidation sites excluding steroid dienone is 1. The number of carboxylic acid groups (broad SMARTS) is 1. The molecule has 0 unspecified atom stereocenters. The normalized spacial score (nSPS) is 17.7. The third-order valence-corrected chi connectivity index (χ3v) is 7.50. The summed E-state index contributed by atoms with van der Waals surface area (Å²) in [7, 11) is 0. The van der Waals surface area contributed by atoms with E-state index < -0.39 is 5.97 Å². The molecule has 5 rings (SSSR count). The van der Waals surface area contributed by atoms with E-state index in [0.29, 0.717) is 17.0 Å². The van der Waals surface area contributed by atoms with Crippen LogP contribution < -0.4 is 4.74 Å². The van der Waals surface area contributed by atoms with Crippen molar-refractivity contribution in [2.75, 3.05) is 26.3 Å². The number of alkyl halides is 1. The zero-order chi connectivity index (χ0) is 25.8. The van der Waals surface area contributed by atoms with E-state index in [-0.39, 0.29) is 12.8 Å². The van der Waals surface area contributed by atoms with Crippen molar-refractivity contribution in [3.05, 3.63) is 94.0 Å². The van der Waals surface area contributed by atoms with Crippen LogP contribution in [0, 0.1) is 0 Å². The first kappa shape index (κ1) is 25.5. The highest BCUT2D eigenvalue weighted by Crippen LogP contribution is 2.39. The van der Waals surface area contributed by atoms with Crippen molar-refractivity contribution in [3.63, 3.8) is 0 Å². The minimum Gasteiger partial charge on any atom is -0.489 e. The largest absolute Gasteiger partial charge is 0.489 e. The molecule has 6 heteroatoms. The van der Waals surface area contributed by atoms with E-state index in [2.05, 4.69) is 23.1 Å². The van der Waals surface area contributed by atoms with E-state index >= 15 is 0 Å². The number of carbonyl (C=O) groups is 1. The average Bonchev–Trinajstić information content (AvgIpc) is 3.24. The van der Waals surface area contributed by atoms with Gasteiger partial charge in [0.25, 0.3) is 0 Å². The highest BCUT2D eigenvalue weighted by molar-refractivity contribution is 6.30. The second kappa shape index (κ2) is 11.5. The zero-order valence-electron chi connectivity index (χ0n) is 20.8. The van der Waals surface area contributed by atoms with Crippen LogP contribution in [0.15, 0.2) is 66.7 Å². The van der Waals surface area contributed by atoms with Crippen molar-refractivity contribution in [3.8, 4) is 16.9 Å². The van der Waals surface area contributed by atoms with Gasteiger partial charge in [-0.25, -0.2) is 4.79 Å². The van der Waals surface area contributed by atoms with Crippen molar-refractivity contribution in [2.24, 2.45) is 0 Å². The second-order valence-electron chi connectivity index (χ2n) is 9.73. The Kier molecular flexibility index (Phi) is 7.92. The Labute approximate surface area is 222 Å². The fourth-order valence-corrected chi connectivity index (χ4v) is 5.60. The number of halogens is 2. The van der Waals surface area contributed by atoms with E-state index in [0.717, 1.165) is 84.5 Å². The molecule has 3 aromatic rings. The summed E-state index contributed by atoms with van der Waals surface area (Å²) in [6, 6.07) is 19.3. The zero-order valence-corrected chi connectivity index (χ0v) is 21.5. The van der Waals surface area contributed by atoms with Crippen molar-refractivity contribution >= 4 is 23.1 Å². The number of benzene rings is 3. The predicted molar refractivity (Wildman–Crippen MR) is 146 cm³/mol. The molecule has 1 N–H and O–H groups in total. The first-order valence-corrected chi connectivity index (χ1v) is 13.3. The van der Waals surface area contributed by atoms with Gasteiger partial charge in [0.15, 0.2) is 0 Å². The molecule has 1 fully saturated rings. The quantitative estimate of drug-likeness (QED) is 0.339. The molecule has 1 heterocycles. The summed E-state index contributed by atoms with van der Waals surface area (Å²) in [6.45, 7) is 2.28. The summed E-state index contributed by atoms with van der Waals surface area (Å²) >= 11 is 6.12. The molecular weight excluding hydrogens is 489 g/mol. The first-order valence-electron chi connectivity index (χ1n) is 12.9. The van der Waals surface area contributed by atoms with Crippen LogP contribution in [0.2, 0.25) is 5.02 Å². The Bertz CT molecular complexity index is 1290. The highest BCUT2D eigenvalue weighted by atomic mass is 35.5. The number of ether oxygens (including phenoxy) is 1. The summed E-state index contributed by atoms with van der Waals surface area (Å²) in [4.78, 5) is 14.4. The number of nitrogens with zero attached hydrogens (tertiary/aromatic N) is 1. The predicted octanol–water partition coefficient (Wildman–Crippen LogP) is 7.29. The molecule has 0 radical (unpaired) electrons. The number of carboxylic acids is 1. The minimum atomic E-state index is -0.931. The van der Waals surface area contributed by atoms with Gasteiger partial charge in [-0.05, 0) is 95.8 Å². The molecule has 1 saturated heterocycles. The number of hydrogen-bond donors (Lipinski definition) is 1. The fraction of sp³-hybridized carbons (Fsp3) is 0.323. The molecule has 3 aromatic carbocycles. The van der Waals surface area contributed by atoms with E-state index in [4.69, 9.17) is 16.3 Å². The van der Waals surface area contributed by atoms with Crippen molar-refractivity contribution in [1.29, 1.82) is 0 Å². The van der Waals surface area contributed by atoms with Crippen molar-refractivity contribution in [2.45, 2.75) is 38.2 Å². The molecule has 2 aliphatic rings. The summed E-state index contributed by atoms with van der Waals surface area (Å²) in [5.41, 5.74) is 6.27. The molecule has 37 heavy (non-hydrogen) atoms. The molecule has 1 aliphatic carbocycles. The van der Waals surface area contributed by atoms with E-state index in [1.54, 1.807) is 18.2 Å². The molecule has 4 nitrogen and oxygen atoms in total. The maximum atomic E-state index is 12.5. The number of aromatic carboxylic acids is 1. The first-order chi connectivity index (χ1) is 18.0. The van der Waals surface area contributed by atoms with Crippen molar-refractivity contribution in [1.82, 2.24) is 4.90 Å². The Morgan fingerprint density at radius 3 is 2.54 bits per heavy atom. The van der Waals surface area contributed by atoms with E-state index in [9.17, 15) is 14.3 Å². The third kappa shape index (κ3) is 5.73. The van der Waals surface area contributed by atoms with Gasteiger partial charge < -0.3 is 9.84 Å². The van der Waals surface area contributed by atoms with Crippen LogP contribution in [0.25, 0.3) is 16.7 Å². The highest BCUT2D eigenvalue weighted by Gasteiger charge is 2.25. The topological polar surface area (TPSA) is 49.8 Å². The van der Waals surface area contributed by atoms with Gasteiger partial charge in [-0.1, -0.05) is 48.0 Å². The molecule has 1 aliphatic heterocycles. The monoisotopic (exact) mass is 519 g/mol. The Morgan fingerprint density at radius 1 is 1.05 bits per heavy atom. The molecule has 0 bridgehead atoms. The SMILES string of the molecule is O=C(O)c1ccc2c(c1-c1ccc(Cl)cc1)CCCC=C2c1ccc(O[C@H]2CCN(CCCF)C2)cc1. The fourth-order valence-electron chi connectivity index (χ4n) is 5.48. The van der Waals surface area contributed by atoms with Gasteiger partial charge in [-0.15, -0.1) is 0 Å². The van der Waals surface area contributed by atoms with Crippen molar-refractivity contribution < 1.29 is 19.0 Å². The van der Waals surface area contributed by atoms with Gasteiger partial charge in [0.2, 0.25) is 0 Å². The van der Waals surface area contributed by atoms with Gasteiger partial charge in [0.1, 0.15) is 11.9 Å². The van der Waals surface area contributed by atoms with Crippen LogP contribution in [0.3, 0.4) is 0 Å². The minimum absolute atomic E-state index is 0.125. The molecular formula is C31H31ClFNO3. The Hall–Kier alpha value is -3.15. The molecule has 0 saturated carbocycles. The number of rotatable bonds is 8. The lowest BCUT2D eigenvalue weighted by molar-refractivity contribution is 0.0697. The number of hydrogen-bond acceptors (Lipinski definition) is 3. The average molecular weight is 520 g/mol. The van der Waals surface area contributed by atoms with Crippen LogP contribution in [-0.4, -0.2) is 48.4 Å². The number of likely N-dealkylation sites (tertiary alicyclic amines) is 1. The maximum absolute atomic E-state index is 12.5. The van der Waals surface area contributed by atoms with Crippen LogP contribution in [-0.2, 0) is 6.42 Å². The van der Waals surface area contributed by atoms with Gasteiger partial charge in [-0.3, -0.25) is 9.29 Å². The summed E-state index contributed by atoms with van der Waals surface area (Å²) < 4.78 is 18.7.